The Morgan fingerprint density at radius 1 is 1.12 bits per heavy atom. The van der Waals surface area contributed by atoms with Gasteiger partial charge in [0.05, 0.1) is 33.0 Å². The van der Waals surface area contributed by atoms with Crippen molar-refractivity contribution < 1.29 is 51.5 Å². The predicted octanol–water partition coefficient (Wildman–Crippen LogP) is 4.70. The van der Waals surface area contributed by atoms with Crippen LogP contribution in [0.5, 0.6) is 5.75 Å². The second kappa shape index (κ2) is 19.1. The summed E-state index contributed by atoms with van der Waals surface area (Å²) in [6, 6.07) is 6.09. The van der Waals surface area contributed by atoms with E-state index < -0.39 is 42.7 Å². The number of amides is 1. The van der Waals surface area contributed by atoms with Crippen LogP contribution in [0.3, 0.4) is 0 Å². The van der Waals surface area contributed by atoms with Crippen molar-refractivity contribution in [2.45, 2.75) is 101 Å². The van der Waals surface area contributed by atoms with E-state index >= 15 is 0 Å². The molecule has 2 N–H and O–H groups in total. The maximum atomic E-state index is 13.2. The molecule has 0 radical (unpaired) electrons. The van der Waals surface area contributed by atoms with E-state index in [1.807, 2.05) is 29.6 Å². The lowest BCUT2D eigenvalue weighted by Gasteiger charge is -2.44. The monoisotopic (exact) mass is 605 g/mol. The summed E-state index contributed by atoms with van der Waals surface area (Å²) in [7, 11) is 2.99. The summed E-state index contributed by atoms with van der Waals surface area (Å²) in [5.74, 6) is -1.45. The number of benzene rings is 1. The van der Waals surface area contributed by atoms with Gasteiger partial charge in [0.1, 0.15) is 30.1 Å². The molecule has 12 heteroatoms. The van der Waals surface area contributed by atoms with Crippen LogP contribution in [-0.2, 0) is 35.1 Å². The molecule has 1 amide bonds. The highest BCUT2D eigenvalue weighted by Gasteiger charge is 2.50. The molecule has 1 aromatic carbocycles. The third-order valence-electron chi connectivity index (χ3n) is 6.96. The number of carbonyl (C=O) groups is 1. The number of nitrogens with one attached hydrogen (secondary N) is 1. The molecule has 0 aliphatic carbocycles. The molecular formula is C30H46F3NO8. The van der Waals surface area contributed by atoms with E-state index in [0.29, 0.717) is 13.0 Å². The highest BCUT2D eigenvalue weighted by Crippen LogP contribution is 2.27. The largest absolute Gasteiger partial charge is 0.497 e. The van der Waals surface area contributed by atoms with Crippen LogP contribution in [0.25, 0.3) is 0 Å². The van der Waals surface area contributed by atoms with Crippen LogP contribution in [-0.4, -0.2) is 88.0 Å². The van der Waals surface area contributed by atoms with Crippen LogP contribution < -0.4 is 10.1 Å². The van der Waals surface area contributed by atoms with Gasteiger partial charge in [-0.3, -0.25) is 4.79 Å². The first-order valence-corrected chi connectivity index (χ1v) is 14.4. The highest BCUT2D eigenvalue weighted by atomic mass is 19.4. The number of carbonyl (C=O) groups excluding carboxylic acids is 1. The first kappa shape index (κ1) is 36.0. The zero-order chi connectivity index (χ0) is 31.0. The summed E-state index contributed by atoms with van der Waals surface area (Å²) < 4.78 is 73.2. The van der Waals surface area contributed by atoms with Gasteiger partial charge >= 0.3 is 12.1 Å². The minimum Gasteiger partial charge on any atom is -0.497 e. The van der Waals surface area contributed by atoms with Gasteiger partial charge in [-0.2, -0.15) is 13.2 Å². The van der Waals surface area contributed by atoms with Crippen LogP contribution in [0.2, 0.25) is 0 Å². The molecule has 1 aliphatic rings. The first-order chi connectivity index (χ1) is 20.1. The third kappa shape index (κ3) is 12.2. The number of hydrogen-bond acceptors (Lipinski definition) is 8. The van der Waals surface area contributed by atoms with Crippen molar-refractivity contribution >= 4 is 5.91 Å². The van der Waals surface area contributed by atoms with Gasteiger partial charge in [-0.15, -0.1) is 6.58 Å². The van der Waals surface area contributed by atoms with Crippen molar-refractivity contribution in [2.75, 3.05) is 34.0 Å². The maximum Gasteiger partial charge on any atom is 0.471 e. The fourth-order valence-corrected chi connectivity index (χ4v) is 4.67. The second-order valence-electron chi connectivity index (χ2n) is 10.2. The molecule has 0 spiro atoms. The molecule has 0 aromatic heterocycles. The maximum absolute atomic E-state index is 13.2. The Hall–Kier alpha value is -2.22. The Bertz CT molecular complexity index is 902. The Labute approximate surface area is 246 Å². The Morgan fingerprint density at radius 3 is 2.45 bits per heavy atom. The summed E-state index contributed by atoms with van der Waals surface area (Å²) in [5.41, 5.74) is 0.965. The van der Waals surface area contributed by atoms with Gasteiger partial charge in [-0.1, -0.05) is 57.2 Å². The number of aliphatic hydroxyl groups excluding tert-OH is 1. The molecule has 9 nitrogen and oxygen atoms in total. The lowest BCUT2D eigenvalue weighted by molar-refractivity contribution is -0.277. The van der Waals surface area contributed by atoms with Crippen molar-refractivity contribution in [3.63, 3.8) is 0 Å². The van der Waals surface area contributed by atoms with Crippen molar-refractivity contribution in [2.24, 2.45) is 0 Å². The molecule has 1 aliphatic heterocycles. The number of hydrogen-bond donors (Lipinski definition) is 2. The summed E-state index contributed by atoms with van der Waals surface area (Å²) in [4.78, 5) is 11.9. The zero-order valence-electron chi connectivity index (χ0n) is 24.8. The lowest BCUT2D eigenvalue weighted by Crippen LogP contribution is -2.66. The van der Waals surface area contributed by atoms with Crippen LogP contribution in [0.15, 0.2) is 36.9 Å². The minimum atomic E-state index is -5.15. The van der Waals surface area contributed by atoms with E-state index in [0.717, 1.165) is 49.8 Å². The quantitative estimate of drug-likeness (QED) is 0.163. The highest BCUT2D eigenvalue weighted by molar-refractivity contribution is 5.82. The Balaban J connectivity index is 2.13. The number of ether oxygens (including phenoxy) is 6. The number of methoxy groups -OCH3 is 2. The van der Waals surface area contributed by atoms with Gasteiger partial charge in [-0.05, 0) is 30.5 Å². The molecule has 6 atom stereocenters. The normalized spacial score (nSPS) is 23.4. The van der Waals surface area contributed by atoms with E-state index in [4.69, 9.17) is 28.4 Å². The molecule has 42 heavy (non-hydrogen) atoms. The van der Waals surface area contributed by atoms with Gasteiger partial charge in [0.2, 0.25) is 0 Å². The summed E-state index contributed by atoms with van der Waals surface area (Å²) in [6.45, 7) is 5.97. The van der Waals surface area contributed by atoms with Crippen molar-refractivity contribution in [3.05, 3.63) is 42.5 Å². The summed E-state index contributed by atoms with van der Waals surface area (Å²) >= 11 is 0. The molecule has 1 saturated heterocycles. The van der Waals surface area contributed by atoms with Gasteiger partial charge in [-0.25, -0.2) is 0 Å². The molecule has 1 heterocycles. The van der Waals surface area contributed by atoms with Crippen LogP contribution in [0, 0.1) is 0 Å². The van der Waals surface area contributed by atoms with Gasteiger partial charge < -0.3 is 38.8 Å². The van der Waals surface area contributed by atoms with E-state index in [2.05, 4.69) is 13.5 Å². The van der Waals surface area contributed by atoms with E-state index in [1.165, 1.54) is 13.2 Å². The molecule has 0 bridgehead atoms. The standard InChI is InChI=1S/C30H46F3NO8/c1-5-7-8-9-10-11-23(41-19-21-12-14-22(38-4)15-13-21)16-18-39-27-25(34-29(36)30(31,32)33)28(40-17-6-2)42-24(20-37-3)26(27)35/h6,12-15,23-28,35H,2,5,7-11,16-20H2,1,3-4H3,(H,34,36)/t23-,24-,25-,26-,27-,28+/m1/s1. The van der Waals surface area contributed by atoms with E-state index in [-0.39, 0.29) is 25.9 Å². The number of rotatable bonds is 20. The Morgan fingerprint density at radius 2 is 1.83 bits per heavy atom. The fraction of sp³-hybridized carbons (Fsp3) is 0.700. The van der Waals surface area contributed by atoms with Crippen LogP contribution >= 0.6 is 0 Å². The van der Waals surface area contributed by atoms with Gasteiger partial charge in [0, 0.05) is 13.7 Å². The third-order valence-corrected chi connectivity index (χ3v) is 6.96. The predicted molar refractivity (Wildman–Crippen MR) is 150 cm³/mol. The number of aliphatic hydroxyl groups is 1. The molecule has 240 valence electrons. The van der Waals surface area contributed by atoms with Gasteiger partial charge in [0.25, 0.3) is 0 Å². The van der Waals surface area contributed by atoms with Gasteiger partial charge in [0.15, 0.2) is 6.29 Å². The average Bonchev–Trinajstić information content (AvgIpc) is 2.97. The first-order valence-electron chi connectivity index (χ1n) is 14.4. The Kier molecular flexibility index (Phi) is 16.4. The molecule has 1 aromatic rings. The zero-order valence-corrected chi connectivity index (χ0v) is 24.8. The van der Waals surface area contributed by atoms with Crippen molar-refractivity contribution in [3.8, 4) is 5.75 Å². The number of alkyl halides is 3. The van der Waals surface area contributed by atoms with E-state index in [9.17, 15) is 23.1 Å². The van der Waals surface area contributed by atoms with Crippen molar-refractivity contribution in [1.82, 2.24) is 5.32 Å². The minimum absolute atomic E-state index is 0.0518. The number of halogens is 3. The van der Waals surface area contributed by atoms with Crippen LogP contribution in [0.4, 0.5) is 13.2 Å². The van der Waals surface area contributed by atoms with E-state index in [1.54, 1.807) is 7.11 Å². The fourth-order valence-electron chi connectivity index (χ4n) is 4.67. The van der Waals surface area contributed by atoms with Crippen LogP contribution in [0.1, 0.15) is 57.4 Å². The van der Waals surface area contributed by atoms with Crippen molar-refractivity contribution in [1.29, 1.82) is 0 Å². The SMILES string of the molecule is C=CCO[C@H]1O[C@H](COC)[C@@H](O)[C@H](OCC[C@@H](CCCCCCC)OCc2ccc(OC)cc2)[C@H]1NC(=O)C(F)(F)F. The lowest BCUT2D eigenvalue weighted by atomic mass is 9.96. The summed E-state index contributed by atoms with van der Waals surface area (Å²) in [5, 5.41) is 12.9. The molecule has 0 saturated carbocycles. The topological polar surface area (TPSA) is 105 Å². The average molecular weight is 606 g/mol. The molecule has 2 rings (SSSR count). The molecular weight excluding hydrogens is 559 g/mol. The molecule has 0 unspecified atom stereocenters. The molecule has 1 fully saturated rings. The number of unbranched alkanes of at least 4 members (excludes halogenated alkanes) is 4. The summed E-state index contributed by atoms with van der Waals surface area (Å²) in [6.07, 6.45) is -2.33. The smallest absolute Gasteiger partial charge is 0.471 e. The second-order valence-corrected chi connectivity index (χ2v) is 10.2.